The van der Waals surface area contributed by atoms with Crippen LogP contribution in [-0.2, 0) is 0 Å². The van der Waals surface area contributed by atoms with Gasteiger partial charge in [-0.3, -0.25) is 4.90 Å². The van der Waals surface area contributed by atoms with Gasteiger partial charge in [0.25, 0.3) is 0 Å². The van der Waals surface area contributed by atoms with E-state index in [1.54, 1.807) is 0 Å². The number of likely N-dealkylation sites (tertiary alicyclic amines) is 1. The molecule has 4 heteroatoms. The number of nitrogen functional groups attached to an aromatic ring is 1. The third-order valence-corrected chi connectivity index (χ3v) is 3.90. The Labute approximate surface area is 107 Å². The van der Waals surface area contributed by atoms with E-state index in [1.165, 1.54) is 25.8 Å². The number of anilines is 1. The Bertz CT molecular complexity index is 546. The van der Waals surface area contributed by atoms with Crippen molar-refractivity contribution in [3.05, 3.63) is 30.4 Å². The Hall–Kier alpha value is -1.55. The van der Waals surface area contributed by atoms with Gasteiger partial charge in [-0.25, -0.2) is 4.98 Å². The smallest absolute Gasteiger partial charge is 0.130 e. The molecule has 2 aromatic heterocycles. The Morgan fingerprint density at radius 1 is 1.44 bits per heavy atom. The van der Waals surface area contributed by atoms with E-state index in [0.717, 1.165) is 23.6 Å². The molecular formula is C14H20N4. The van der Waals surface area contributed by atoms with Crippen molar-refractivity contribution in [3.63, 3.8) is 0 Å². The topological polar surface area (TPSA) is 46.6 Å². The van der Waals surface area contributed by atoms with Crippen LogP contribution in [0, 0.1) is 0 Å². The molecule has 18 heavy (non-hydrogen) atoms. The molecule has 1 atom stereocenters. The summed E-state index contributed by atoms with van der Waals surface area (Å²) < 4.78 is 2.18. The quantitative estimate of drug-likeness (QED) is 0.882. The third-order valence-electron chi connectivity index (χ3n) is 3.90. The van der Waals surface area contributed by atoms with Crippen LogP contribution >= 0.6 is 0 Å². The lowest BCUT2D eigenvalue weighted by Crippen LogP contribution is -2.34. The second kappa shape index (κ2) is 4.61. The first-order chi connectivity index (χ1) is 8.79. The molecule has 1 unspecified atom stereocenters. The minimum Gasteiger partial charge on any atom is -0.399 e. The number of imidazole rings is 1. The fraction of sp³-hybridized carbons (Fsp3) is 0.500. The highest BCUT2D eigenvalue weighted by atomic mass is 15.2. The molecule has 0 saturated carbocycles. The van der Waals surface area contributed by atoms with Crippen LogP contribution in [0.3, 0.4) is 0 Å². The zero-order valence-electron chi connectivity index (χ0n) is 10.8. The van der Waals surface area contributed by atoms with Gasteiger partial charge in [0.05, 0.1) is 17.8 Å². The van der Waals surface area contributed by atoms with Crippen molar-refractivity contribution in [2.75, 3.05) is 18.8 Å². The average Bonchev–Trinajstić information content (AvgIpc) is 2.81. The Morgan fingerprint density at radius 2 is 2.33 bits per heavy atom. The zero-order chi connectivity index (χ0) is 12.5. The SMILES string of the molecule is CCN1CCCCC1c1ncc2cc(N)ccn12. The number of pyridine rings is 1. The van der Waals surface area contributed by atoms with Gasteiger partial charge in [-0.2, -0.15) is 0 Å². The van der Waals surface area contributed by atoms with Crippen molar-refractivity contribution in [2.24, 2.45) is 0 Å². The minimum atomic E-state index is 0.454. The lowest BCUT2D eigenvalue weighted by atomic mass is 10.0. The second-order valence-corrected chi connectivity index (χ2v) is 5.01. The maximum atomic E-state index is 5.81. The lowest BCUT2D eigenvalue weighted by Gasteiger charge is -2.33. The molecular weight excluding hydrogens is 224 g/mol. The van der Waals surface area contributed by atoms with Crippen molar-refractivity contribution in [2.45, 2.75) is 32.2 Å². The molecule has 1 saturated heterocycles. The van der Waals surface area contributed by atoms with Gasteiger partial charge in [0, 0.05) is 11.9 Å². The van der Waals surface area contributed by atoms with Crippen molar-refractivity contribution in [1.29, 1.82) is 0 Å². The molecule has 1 aliphatic heterocycles. The number of rotatable bonds is 2. The molecule has 2 N–H and O–H groups in total. The predicted molar refractivity (Wildman–Crippen MR) is 73.4 cm³/mol. The molecule has 3 heterocycles. The monoisotopic (exact) mass is 244 g/mol. The van der Waals surface area contributed by atoms with E-state index in [1.807, 2.05) is 24.5 Å². The largest absolute Gasteiger partial charge is 0.399 e. The highest BCUT2D eigenvalue weighted by molar-refractivity contribution is 5.56. The number of nitrogens with zero attached hydrogens (tertiary/aromatic N) is 3. The first-order valence-corrected chi connectivity index (χ1v) is 6.76. The summed E-state index contributed by atoms with van der Waals surface area (Å²) in [7, 11) is 0. The summed E-state index contributed by atoms with van der Waals surface area (Å²) >= 11 is 0. The number of aromatic nitrogens is 2. The van der Waals surface area contributed by atoms with Crippen LogP contribution in [0.1, 0.15) is 38.1 Å². The summed E-state index contributed by atoms with van der Waals surface area (Å²) in [5, 5.41) is 0. The molecule has 96 valence electrons. The maximum Gasteiger partial charge on any atom is 0.130 e. The van der Waals surface area contributed by atoms with Gasteiger partial charge in [-0.1, -0.05) is 13.3 Å². The lowest BCUT2D eigenvalue weighted by molar-refractivity contribution is 0.149. The minimum absolute atomic E-state index is 0.454. The van der Waals surface area contributed by atoms with E-state index in [-0.39, 0.29) is 0 Å². The van der Waals surface area contributed by atoms with Crippen molar-refractivity contribution in [1.82, 2.24) is 14.3 Å². The molecule has 0 spiro atoms. The molecule has 0 radical (unpaired) electrons. The van der Waals surface area contributed by atoms with E-state index >= 15 is 0 Å². The molecule has 0 amide bonds. The molecule has 0 aromatic carbocycles. The Morgan fingerprint density at radius 3 is 3.17 bits per heavy atom. The number of fused-ring (bicyclic) bond motifs is 1. The summed E-state index contributed by atoms with van der Waals surface area (Å²) in [6.07, 6.45) is 7.77. The first-order valence-electron chi connectivity index (χ1n) is 6.76. The van der Waals surface area contributed by atoms with Crippen molar-refractivity contribution in [3.8, 4) is 0 Å². The second-order valence-electron chi connectivity index (χ2n) is 5.01. The summed E-state index contributed by atoms with van der Waals surface area (Å²) in [6.45, 7) is 4.51. The van der Waals surface area contributed by atoms with Crippen LogP contribution < -0.4 is 5.73 Å². The fourth-order valence-corrected chi connectivity index (χ4v) is 2.95. The predicted octanol–water partition coefficient (Wildman–Crippen LogP) is 2.46. The highest BCUT2D eigenvalue weighted by Gasteiger charge is 2.25. The van der Waals surface area contributed by atoms with Crippen LogP contribution in [0.5, 0.6) is 0 Å². The van der Waals surface area contributed by atoms with Gasteiger partial charge in [0.1, 0.15) is 5.82 Å². The first kappa shape index (κ1) is 11.5. The summed E-state index contributed by atoms with van der Waals surface area (Å²) in [6, 6.07) is 4.38. The van der Waals surface area contributed by atoms with E-state index in [9.17, 15) is 0 Å². The highest BCUT2D eigenvalue weighted by Crippen LogP contribution is 2.30. The average molecular weight is 244 g/mol. The summed E-state index contributed by atoms with van der Waals surface area (Å²) in [5.74, 6) is 1.16. The van der Waals surface area contributed by atoms with Crippen molar-refractivity contribution >= 4 is 11.2 Å². The van der Waals surface area contributed by atoms with Crippen LogP contribution in [0.15, 0.2) is 24.5 Å². The van der Waals surface area contributed by atoms with Gasteiger partial charge < -0.3 is 10.1 Å². The van der Waals surface area contributed by atoms with Crippen LogP contribution in [0.25, 0.3) is 5.52 Å². The molecule has 0 bridgehead atoms. The number of nitrogens with two attached hydrogens (primary N) is 1. The van der Waals surface area contributed by atoms with Crippen LogP contribution in [0.4, 0.5) is 5.69 Å². The number of hydrogen-bond acceptors (Lipinski definition) is 3. The van der Waals surface area contributed by atoms with E-state index < -0.39 is 0 Å². The molecule has 2 aromatic rings. The van der Waals surface area contributed by atoms with Crippen LogP contribution in [0.2, 0.25) is 0 Å². The van der Waals surface area contributed by atoms with Gasteiger partial charge in [0.15, 0.2) is 0 Å². The fourth-order valence-electron chi connectivity index (χ4n) is 2.95. The van der Waals surface area contributed by atoms with Crippen LogP contribution in [-0.4, -0.2) is 27.4 Å². The standard InChI is InChI=1S/C14H20N4/c1-2-17-7-4-3-5-13(17)14-16-10-12-9-11(15)6-8-18(12)14/h6,8-10,13H,2-5,7,15H2,1H3. The van der Waals surface area contributed by atoms with E-state index in [0.29, 0.717) is 6.04 Å². The molecule has 3 rings (SSSR count). The number of piperidine rings is 1. The zero-order valence-corrected chi connectivity index (χ0v) is 10.8. The normalized spacial score (nSPS) is 21.5. The van der Waals surface area contributed by atoms with Crippen molar-refractivity contribution < 1.29 is 0 Å². The molecule has 1 fully saturated rings. The summed E-state index contributed by atoms with van der Waals surface area (Å²) in [4.78, 5) is 7.15. The summed E-state index contributed by atoms with van der Waals surface area (Å²) in [5.41, 5.74) is 7.70. The van der Waals surface area contributed by atoms with Gasteiger partial charge in [-0.05, 0) is 38.1 Å². The van der Waals surface area contributed by atoms with Gasteiger partial charge in [-0.15, -0.1) is 0 Å². The van der Waals surface area contributed by atoms with Gasteiger partial charge >= 0.3 is 0 Å². The van der Waals surface area contributed by atoms with E-state index in [4.69, 9.17) is 5.73 Å². The maximum absolute atomic E-state index is 5.81. The van der Waals surface area contributed by atoms with E-state index in [2.05, 4.69) is 21.2 Å². The Kier molecular flexibility index (Phi) is 2.96. The number of hydrogen-bond donors (Lipinski definition) is 1. The Balaban J connectivity index is 2.02. The molecule has 4 nitrogen and oxygen atoms in total. The van der Waals surface area contributed by atoms with Gasteiger partial charge in [0.2, 0.25) is 0 Å². The molecule has 1 aliphatic rings. The molecule has 0 aliphatic carbocycles. The third kappa shape index (κ3) is 1.86.